The van der Waals surface area contributed by atoms with Gasteiger partial charge < -0.3 is 5.11 Å². The van der Waals surface area contributed by atoms with Crippen molar-refractivity contribution >= 4 is 10.0 Å². The fraction of sp³-hybridized carbons (Fsp3) is 0.667. The highest BCUT2D eigenvalue weighted by Crippen LogP contribution is 2.31. The van der Waals surface area contributed by atoms with Crippen molar-refractivity contribution < 1.29 is 13.5 Å². The number of nitrogens with one attached hydrogen (secondary N) is 2. The van der Waals surface area contributed by atoms with Gasteiger partial charge in [0.25, 0.3) is 0 Å². The molecule has 1 aliphatic carbocycles. The van der Waals surface area contributed by atoms with Crippen LogP contribution in [-0.2, 0) is 10.0 Å². The summed E-state index contributed by atoms with van der Waals surface area (Å²) in [6.07, 6.45) is 3.52. The van der Waals surface area contributed by atoms with Crippen LogP contribution in [0.25, 0.3) is 0 Å². The van der Waals surface area contributed by atoms with Gasteiger partial charge >= 0.3 is 0 Å². The van der Waals surface area contributed by atoms with Gasteiger partial charge in [-0.3, -0.25) is 5.10 Å². The molecule has 7 heteroatoms. The molecule has 3 N–H and O–H groups in total. The first-order valence-corrected chi connectivity index (χ1v) is 6.63. The number of rotatable bonds is 4. The van der Waals surface area contributed by atoms with E-state index in [0.717, 1.165) is 6.42 Å². The molecule has 6 nitrogen and oxygen atoms in total. The predicted octanol–water partition coefficient (Wildman–Crippen LogP) is -0.0886. The molecule has 0 spiro atoms. The molecule has 0 aliphatic heterocycles. The second-order valence-corrected chi connectivity index (χ2v) is 6.00. The fourth-order valence-electron chi connectivity index (χ4n) is 1.68. The van der Waals surface area contributed by atoms with Crippen LogP contribution in [-0.4, -0.2) is 35.9 Å². The second kappa shape index (κ2) is 3.83. The van der Waals surface area contributed by atoms with E-state index in [1.165, 1.54) is 6.20 Å². The number of sulfonamides is 1. The predicted molar refractivity (Wildman–Crippen MR) is 57.3 cm³/mol. The van der Waals surface area contributed by atoms with Gasteiger partial charge in [0.1, 0.15) is 4.90 Å². The highest BCUT2D eigenvalue weighted by molar-refractivity contribution is 7.89. The van der Waals surface area contributed by atoms with Crippen molar-refractivity contribution in [1.29, 1.82) is 0 Å². The summed E-state index contributed by atoms with van der Waals surface area (Å²) in [5.41, 5.74) is -0.363. The highest BCUT2D eigenvalue weighted by atomic mass is 32.2. The van der Waals surface area contributed by atoms with E-state index in [0.29, 0.717) is 18.5 Å². The Balaban J connectivity index is 2.06. The molecule has 0 atom stereocenters. The number of aliphatic hydroxyl groups is 1. The third-order valence-electron chi connectivity index (χ3n) is 2.95. The lowest BCUT2D eigenvalue weighted by atomic mass is 9.81. The van der Waals surface area contributed by atoms with Gasteiger partial charge in [0.2, 0.25) is 10.0 Å². The van der Waals surface area contributed by atoms with Gasteiger partial charge in [0.15, 0.2) is 0 Å². The van der Waals surface area contributed by atoms with Crippen molar-refractivity contribution in [2.24, 2.45) is 0 Å². The maximum absolute atomic E-state index is 11.8. The normalized spacial score (nSPS) is 19.4. The Morgan fingerprint density at radius 3 is 2.75 bits per heavy atom. The van der Waals surface area contributed by atoms with E-state index in [4.69, 9.17) is 0 Å². The summed E-state index contributed by atoms with van der Waals surface area (Å²) < 4.78 is 26.0. The van der Waals surface area contributed by atoms with E-state index in [-0.39, 0.29) is 11.4 Å². The molecule has 1 heterocycles. The fourth-order valence-corrected chi connectivity index (χ4v) is 2.93. The summed E-state index contributed by atoms with van der Waals surface area (Å²) in [5.74, 6) is 0. The average molecular weight is 245 g/mol. The second-order valence-electron chi connectivity index (χ2n) is 4.26. The molecule has 2 rings (SSSR count). The van der Waals surface area contributed by atoms with Crippen molar-refractivity contribution in [2.75, 3.05) is 6.54 Å². The number of hydrogen-bond donors (Lipinski definition) is 3. The SMILES string of the molecule is Cc1[nH]ncc1S(=O)(=O)NCC1(O)CCC1. The molecule has 90 valence electrons. The molecule has 1 aliphatic rings. The zero-order valence-electron chi connectivity index (χ0n) is 9.02. The van der Waals surface area contributed by atoms with Crippen LogP contribution in [0.3, 0.4) is 0 Å². The monoisotopic (exact) mass is 245 g/mol. The van der Waals surface area contributed by atoms with Gasteiger partial charge in [0, 0.05) is 6.54 Å². The Kier molecular flexibility index (Phi) is 2.77. The molecule has 0 radical (unpaired) electrons. The zero-order valence-corrected chi connectivity index (χ0v) is 9.84. The van der Waals surface area contributed by atoms with Crippen molar-refractivity contribution in [3.05, 3.63) is 11.9 Å². The lowest BCUT2D eigenvalue weighted by Crippen LogP contribution is -2.47. The number of aromatic nitrogens is 2. The molecule has 0 aromatic carbocycles. The summed E-state index contributed by atoms with van der Waals surface area (Å²) in [6, 6.07) is 0. The molecule has 1 aromatic heterocycles. The molecule has 1 fully saturated rings. The zero-order chi connectivity index (χ0) is 11.8. The lowest BCUT2D eigenvalue weighted by Gasteiger charge is -2.36. The van der Waals surface area contributed by atoms with E-state index >= 15 is 0 Å². The third kappa shape index (κ3) is 2.11. The standard InChI is InChI=1S/C9H15N3O3S/c1-7-8(5-10-12-7)16(14,15)11-6-9(13)3-2-4-9/h5,11,13H,2-4,6H2,1H3,(H,10,12). The topological polar surface area (TPSA) is 95.1 Å². The van der Waals surface area contributed by atoms with Crippen LogP contribution < -0.4 is 4.72 Å². The third-order valence-corrected chi connectivity index (χ3v) is 4.46. The molecule has 0 bridgehead atoms. The molecule has 16 heavy (non-hydrogen) atoms. The molecule has 1 aromatic rings. The van der Waals surface area contributed by atoms with Gasteiger partial charge in [-0.05, 0) is 26.2 Å². The van der Waals surface area contributed by atoms with Crippen LogP contribution in [0.1, 0.15) is 25.0 Å². The Hall–Kier alpha value is -0.920. The van der Waals surface area contributed by atoms with Crippen LogP contribution in [0.15, 0.2) is 11.1 Å². The van der Waals surface area contributed by atoms with Gasteiger partial charge in [0.05, 0.1) is 17.5 Å². The van der Waals surface area contributed by atoms with Gasteiger partial charge in [-0.1, -0.05) is 0 Å². The summed E-state index contributed by atoms with van der Waals surface area (Å²) in [5, 5.41) is 16.0. The molecule has 1 saturated carbocycles. The number of aryl methyl sites for hydroxylation is 1. The first kappa shape index (κ1) is 11.6. The maximum Gasteiger partial charge on any atom is 0.244 e. The first-order valence-electron chi connectivity index (χ1n) is 5.15. The van der Waals surface area contributed by atoms with Crippen molar-refractivity contribution in [3.8, 4) is 0 Å². The Morgan fingerprint density at radius 2 is 2.31 bits per heavy atom. The van der Waals surface area contributed by atoms with Crippen molar-refractivity contribution in [2.45, 2.75) is 36.7 Å². The van der Waals surface area contributed by atoms with Gasteiger partial charge in [-0.25, -0.2) is 13.1 Å². The van der Waals surface area contributed by atoms with E-state index in [9.17, 15) is 13.5 Å². The van der Waals surface area contributed by atoms with Gasteiger partial charge in [-0.2, -0.15) is 5.10 Å². The van der Waals surface area contributed by atoms with E-state index in [1.54, 1.807) is 6.92 Å². The van der Waals surface area contributed by atoms with Crippen molar-refractivity contribution in [1.82, 2.24) is 14.9 Å². The largest absolute Gasteiger partial charge is 0.389 e. The maximum atomic E-state index is 11.8. The van der Waals surface area contributed by atoms with Crippen LogP contribution in [0.4, 0.5) is 0 Å². The molecule has 0 unspecified atom stereocenters. The average Bonchev–Trinajstić information content (AvgIpc) is 2.59. The first-order chi connectivity index (χ1) is 7.43. The van der Waals surface area contributed by atoms with Crippen LogP contribution in [0.2, 0.25) is 0 Å². The van der Waals surface area contributed by atoms with Gasteiger partial charge in [-0.15, -0.1) is 0 Å². The van der Waals surface area contributed by atoms with E-state index in [2.05, 4.69) is 14.9 Å². The Labute approximate surface area is 94.1 Å². The smallest absolute Gasteiger partial charge is 0.244 e. The molecular weight excluding hydrogens is 230 g/mol. The van der Waals surface area contributed by atoms with E-state index in [1.807, 2.05) is 0 Å². The summed E-state index contributed by atoms with van der Waals surface area (Å²) in [4.78, 5) is 0.135. The number of H-pyrrole nitrogens is 1. The minimum Gasteiger partial charge on any atom is -0.389 e. The van der Waals surface area contributed by atoms with E-state index < -0.39 is 15.6 Å². The number of nitrogens with zero attached hydrogens (tertiary/aromatic N) is 1. The van der Waals surface area contributed by atoms with Crippen LogP contribution >= 0.6 is 0 Å². The Bertz CT molecular complexity index is 476. The summed E-state index contributed by atoms with van der Waals surface area (Å²) >= 11 is 0. The highest BCUT2D eigenvalue weighted by Gasteiger charge is 2.35. The van der Waals surface area contributed by atoms with Crippen LogP contribution in [0, 0.1) is 6.92 Å². The lowest BCUT2D eigenvalue weighted by molar-refractivity contribution is -0.0270. The minimum atomic E-state index is -3.56. The number of hydrogen-bond acceptors (Lipinski definition) is 4. The summed E-state index contributed by atoms with van der Waals surface area (Å²) in [6.45, 7) is 1.71. The number of aromatic amines is 1. The molecular formula is C9H15N3O3S. The quantitative estimate of drug-likeness (QED) is 0.691. The molecule has 0 saturated heterocycles. The van der Waals surface area contributed by atoms with Crippen molar-refractivity contribution in [3.63, 3.8) is 0 Å². The minimum absolute atomic E-state index is 0.0694. The van der Waals surface area contributed by atoms with Crippen LogP contribution in [0.5, 0.6) is 0 Å². The summed E-state index contributed by atoms with van der Waals surface area (Å²) in [7, 11) is -3.56. The molecule has 0 amide bonds. The Morgan fingerprint density at radius 1 is 1.62 bits per heavy atom.